The molecular weight excluding hydrogens is 671 g/mol. The summed E-state index contributed by atoms with van der Waals surface area (Å²) in [6, 6.07) is 35.9. The van der Waals surface area contributed by atoms with Crippen LogP contribution >= 0.6 is 11.3 Å². The van der Waals surface area contributed by atoms with Crippen LogP contribution in [-0.2, 0) is 21.7 Å². The predicted molar refractivity (Wildman–Crippen MR) is 238 cm³/mol. The number of hydrogen-bond acceptors (Lipinski definition) is 3. The van der Waals surface area contributed by atoms with E-state index < -0.39 is 0 Å². The summed E-state index contributed by atoms with van der Waals surface area (Å²) in [5.74, 6) is 0. The topological polar surface area (TPSA) is 6.48 Å². The fourth-order valence-corrected chi connectivity index (χ4v) is 11.0. The lowest BCUT2D eigenvalue weighted by molar-refractivity contribution is 0.332. The molecule has 3 heterocycles. The summed E-state index contributed by atoms with van der Waals surface area (Å²) in [4.78, 5) is 5.25. The molecule has 0 saturated heterocycles. The molecule has 274 valence electrons. The summed E-state index contributed by atoms with van der Waals surface area (Å²) in [7, 11) is 0. The molecule has 1 aromatic heterocycles. The van der Waals surface area contributed by atoms with Gasteiger partial charge in [0.1, 0.15) is 0 Å². The molecule has 0 fully saturated rings. The van der Waals surface area contributed by atoms with Gasteiger partial charge < -0.3 is 9.80 Å². The molecule has 0 unspecified atom stereocenters. The van der Waals surface area contributed by atoms with Crippen LogP contribution in [0.4, 0.5) is 34.1 Å². The molecule has 0 saturated carbocycles. The zero-order chi connectivity index (χ0) is 38.3. The quantitative estimate of drug-likeness (QED) is 0.164. The second-order valence-corrected chi connectivity index (χ2v) is 21.0. The summed E-state index contributed by atoms with van der Waals surface area (Å²) < 4.78 is 2.80. The van der Waals surface area contributed by atoms with Crippen LogP contribution in [0.15, 0.2) is 91.0 Å². The fourth-order valence-electron chi connectivity index (χ4n) is 9.64. The van der Waals surface area contributed by atoms with E-state index in [2.05, 4.69) is 184 Å². The van der Waals surface area contributed by atoms with Gasteiger partial charge in [-0.3, -0.25) is 0 Å². The Hall–Kier alpha value is -4.28. The van der Waals surface area contributed by atoms with Gasteiger partial charge in [0.2, 0.25) is 0 Å². The number of aryl methyl sites for hydroxylation is 2. The molecule has 4 heteroatoms. The van der Waals surface area contributed by atoms with Crippen molar-refractivity contribution in [3.8, 4) is 0 Å². The third kappa shape index (κ3) is 5.26. The maximum Gasteiger partial charge on any atom is 0.264 e. The van der Waals surface area contributed by atoms with Gasteiger partial charge >= 0.3 is 0 Å². The Kier molecular flexibility index (Phi) is 7.62. The molecule has 6 aromatic rings. The van der Waals surface area contributed by atoms with E-state index >= 15 is 0 Å². The molecule has 1 aliphatic carbocycles. The summed E-state index contributed by atoms with van der Waals surface area (Å²) >= 11 is 1.99. The van der Waals surface area contributed by atoms with Gasteiger partial charge in [-0.2, -0.15) is 0 Å². The molecule has 0 radical (unpaired) electrons. The summed E-state index contributed by atoms with van der Waals surface area (Å²) in [5, 5.41) is 1.34. The van der Waals surface area contributed by atoms with Crippen LogP contribution in [0.25, 0.3) is 10.1 Å². The van der Waals surface area contributed by atoms with E-state index in [1.165, 1.54) is 106 Å². The van der Waals surface area contributed by atoms with Crippen LogP contribution in [0.2, 0.25) is 0 Å². The third-order valence-corrected chi connectivity index (χ3v) is 14.2. The third-order valence-electron chi connectivity index (χ3n) is 13.0. The Balaban J connectivity index is 1.40. The van der Waals surface area contributed by atoms with Crippen molar-refractivity contribution in [2.24, 2.45) is 0 Å². The molecule has 54 heavy (non-hydrogen) atoms. The van der Waals surface area contributed by atoms with E-state index in [0.717, 1.165) is 0 Å². The molecule has 0 N–H and O–H groups in total. The maximum absolute atomic E-state index is 2.66. The van der Waals surface area contributed by atoms with Crippen molar-refractivity contribution in [3.63, 3.8) is 0 Å². The first-order chi connectivity index (χ1) is 25.3. The average Bonchev–Trinajstić information content (AvgIpc) is 3.48. The molecule has 0 atom stereocenters. The Bertz CT molecular complexity index is 2500. The normalized spacial score (nSPS) is 16.9. The minimum absolute atomic E-state index is 0.0754. The van der Waals surface area contributed by atoms with Crippen molar-refractivity contribution in [3.05, 3.63) is 124 Å². The Morgan fingerprint density at radius 2 is 1.20 bits per heavy atom. The van der Waals surface area contributed by atoms with Crippen molar-refractivity contribution < 1.29 is 0 Å². The van der Waals surface area contributed by atoms with Crippen molar-refractivity contribution in [2.45, 2.75) is 118 Å². The highest BCUT2D eigenvalue weighted by molar-refractivity contribution is 7.33. The monoisotopic (exact) mass is 726 g/mol. The fraction of sp³-hybridized carbons (Fsp3) is 0.360. The lowest BCUT2D eigenvalue weighted by atomic mass is 9.35. The van der Waals surface area contributed by atoms with Crippen molar-refractivity contribution in [1.82, 2.24) is 0 Å². The van der Waals surface area contributed by atoms with Gasteiger partial charge in [-0.1, -0.05) is 118 Å². The van der Waals surface area contributed by atoms with Crippen molar-refractivity contribution in [1.29, 1.82) is 0 Å². The van der Waals surface area contributed by atoms with Crippen LogP contribution in [0.5, 0.6) is 0 Å². The predicted octanol–water partition coefficient (Wildman–Crippen LogP) is 12.5. The summed E-state index contributed by atoms with van der Waals surface area (Å²) in [5.41, 5.74) is 19.3. The Morgan fingerprint density at radius 1 is 0.611 bits per heavy atom. The SMILES string of the molecule is Cc1cc2c3c(c1)N(c1ccc(C(C)(C)C)cc1)c1c(sc4ccccc14)B3c1cc3c(cc1N2c1ccc(C(C)(C)C)cc1C)C(C)(C)CCC3(C)C. The van der Waals surface area contributed by atoms with Crippen LogP contribution in [0, 0.1) is 13.8 Å². The minimum atomic E-state index is 0.0754. The Labute approximate surface area is 328 Å². The molecular formula is C50H55BN2S. The number of thiophene rings is 1. The molecule has 0 bridgehead atoms. The van der Waals surface area contributed by atoms with Crippen molar-refractivity contribution >= 4 is 78.0 Å². The van der Waals surface area contributed by atoms with Gasteiger partial charge in [-0.25, -0.2) is 0 Å². The van der Waals surface area contributed by atoms with Crippen LogP contribution < -0.4 is 25.5 Å². The van der Waals surface area contributed by atoms with Gasteiger partial charge in [0, 0.05) is 43.3 Å². The van der Waals surface area contributed by atoms with Crippen LogP contribution in [0.3, 0.4) is 0 Å². The number of fused-ring (bicyclic) bond motifs is 7. The molecule has 5 aromatic carbocycles. The van der Waals surface area contributed by atoms with E-state index in [1.54, 1.807) is 0 Å². The lowest BCUT2D eigenvalue weighted by Crippen LogP contribution is -2.61. The van der Waals surface area contributed by atoms with Crippen LogP contribution in [0.1, 0.15) is 115 Å². The van der Waals surface area contributed by atoms with E-state index in [4.69, 9.17) is 0 Å². The summed E-state index contributed by atoms with van der Waals surface area (Å²) in [6.45, 7) is 28.5. The highest BCUT2D eigenvalue weighted by Gasteiger charge is 2.48. The number of hydrogen-bond donors (Lipinski definition) is 0. The second-order valence-electron chi connectivity index (χ2n) is 19.9. The number of nitrogens with zero attached hydrogens (tertiary/aromatic N) is 2. The van der Waals surface area contributed by atoms with E-state index in [1.807, 2.05) is 11.3 Å². The van der Waals surface area contributed by atoms with Crippen molar-refractivity contribution in [2.75, 3.05) is 9.80 Å². The molecule has 2 aliphatic heterocycles. The average molecular weight is 727 g/mol. The van der Waals surface area contributed by atoms with Crippen LogP contribution in [-0.4, -0.2) is 6.71 Å². The van der Waals surface area contributed by atoms with Gasteiger partial charge in [-0.15, -0.1) is 11.3 Å². The lowest BCUT2D eigenvalue weighted by Gasteiger charge is -2.47. The first-order valence-corrected chi connectivity index (χ1v) is 20.8. The smallest absolute Gasteiger partial charge is 0.264 e. The molecule has 3 aliphatic rings. The minimum Gasteiger partial charge on any atom is -0.311 e. The first kappa shape index (κ1) is 35.4. The standard InChI is InChI=1S/C50H55BN2S/c1-30-25-41-44-42(26-30)53(39-22-19-33(27-31(39)2)48(6,7)8)40-29-37-36(49(9,10)23-24-50(37,11)12)28-38(40)51(44)46-45(35-15-13-14-16-43(35)54-46)52(41)34-20-17-32(18-21-34)47(3,4)5/h13-22,25-29H,23-24H2,1-12H3. The second kappa shape index (κ2) is 11.6. The molecule has 0 amide bonds. The number of rotatable bonds is 2. The highest BCUT2D eigenvalue weighted by Crippen LogP contribution is 2.52. The highest BCUT2D eigenvalue weighted by atomic mass is 32.1. The zero-order valence-corrected chi connectivity index (χ0v) is 35.3. The number of benzene rings is 5. The van der Waals surface area contributed by atoms with E-state index in [9.17, 15) is 0 Å². The molecule has 2 nitrogen and oxygen atoms in total. The summed E-state index contributed by atoms with van der Waals surface area (Å²) in [6.07, 6.45) is 2.39. The first-order valence-electron chi connectivity index (χ1n) is 20.0. The van der Waals surface area contributed by atoms with E-state index in [0.29, 0.717) is 0 Å². The molecule has 0 spiro atoms. The zero-order valence-electron chi connectivity index (χ0n) is 34.5. The largest absolute Gasteiger partial charge is 0.311 e. The maximum atomic E-state index is 2.66. The molecule has 9 rings (SSSR count). The van der Waals surface area contributed by atoms with E-state index in [-0.39, 0.29) is 28.4 Å². The number of anilines is 6. The van der Waals surface area contributed by atoms with Gasteiger partial charge in [0.15, 0.2) is 0 Å². The Morgan fingerprint density at radius 3 is 1.83 bits per heavy atom. The van der Waals surface area contributed by atoms with Gasteiger partial charge in [0.25, 0.3) is 6.71 Å². The van der Waals surface area contributed by atoms with Gasteiger partial charge in [-0.05, 0) is 135 Å². The van der Waals surface area contributed by atoms with Gasteiger partial charge in [0.05, 0.1) is 5.69 Å².